The van der Waals surface area contributed by atoms with E-state index in [1.807, 2.05) is 20.8 Å². The predicted octanol–water partition coefficient (Wildman–Crippen LogP) is 2.94. The van der Waals surface area contributed by atoms with E-state index in [2.05, 4.69) is 5.32 Å². The minimum atomic E-state index is -2.91. The van der Waals surface area contributed by atoms with Crippen LogP contribution >= 0.6 is 0 Å². The van der Waals surface area contributed by atoms with Crippen molar-refractivity contribution in [1.82, 2.24) is 5.32 Å². The Bertz CT molecular complexity index is 1400. The maximum atomic E-state index is 14.3. The molecular formula is C33H41NO9. The highest BCUT2D eigenvalue weighted by Crippen LogP contribution is 2.55. The van der Waals surface area contributed by atoms with Crippen molar-refractivity contribution < 1.29 is 43.7 Å². The van der Waals surface area contributed by atoms with E-state index in [1.54, 1.807) is 26.0 Å². The predicted molar refractivity (Wildman–Crippen MR) is 153 cm³/mol. The third kappa shape index (κ3) is 4.82. The van der Waals surface area contributed by atoms with Crippen LogP contribution in [-0.2, 0) is 34.1 Å². The molecule has 3 fully saturated rings. The molecule has 10 heteroatoms. The lowest BCUT2D eigenvalue weighted by molar-refractivity contribution is -0.198. The van der Waals surface area contributed by atoms with Gasteiger partial charge in [-0.3, -0.25) is 28.8 Å². The van der Waals surface area contributed by atoms with E-state index in [9.17, 15) is 39.0 Å². The molecule has 232 valence electrons. The SMILES string of the molecule is CCC(=O)O[C@H]1[C@H]2C(C(=O)c3c(ccc(C(C)(C)C)c3O)[C@@H]2C)C(=O)[C@]2(O)C(=O)C(C(=O)NCC3CCCC3)C(=O)C[C@H]12. The molecule has 0 heterocycles. The highest BCUT2D eigenvalue weighted by atomic mass is 16.5. The summed E-state index contributed by atoms with van der Waals surface area (Å²) in [5.41, 5.74) is -2.59. The number of hydrogen-bond donors (Lipinski definition) is 3. The van der Waals surface area contributed by atoms with Gasteiger partial charge in [0.15, 0.2) is 34.7 Å². The maximum Gasteiger partial charge on any atom is 0.305 e. The second kappa shape index (κ2) is 10.9. The van der Waals surface area contributed by atoms with Crippen molar-refractivity contribution in [2.24, 2.45) is 29.6 Å². The number of fused-ring (bicyclic) bond motifs is 3. The number of carbonyl (C=O) groups excluding carboxylic acids is 6. The Hall–Kier alpha value is -3.40. The number of benzene rings is 1. The van der Waals surface area contributed by atoms with Crippen molar-refractivity contribution in [2.45, 2.75) is 96.2 Å². The zero-order valence-corrected chi connectivity index (χ0v) is 25.4. The van der Waals surface area contributed by atoms with Gasteiger partial charge in [-0.05, 0) is 41.2 Å². The first-order valence-electron chi connectivity index (χ1n) is 15.4. The quantitative estimate of drug-likeness (QED) is 0.343. The fourth-order valence-corrected chi connectivity index (χ4v) is 7.86. The first kappa shape index (κ1) is 31.0. The molecule has 3 N–H and O–H groups in total. The number of aromatic hydroxyl groups is 1. The molecule has 0 bridgehead atoms. The molecule has 0 spiro atoms. The van der Waals surface area contributed by atoms with Gasteiger partial charge in [-0.15, -0.1) is 0 Å². The highest BCUT2D eigenvalue weighted by Gasteiger charge is 2.71. The lowest BCUT2D eigenvalue weighted by Gasteiger charge is -2.53. The topological polar surface area (TPSA) is 164 Å². The first-order chi connectivity index (χ1) is 20.1. The van der Waals surface area contributed by atoms with Crippen LogP contribution < -0.4 is 5.32 Å². The largest absolute Gasteiger partial charge is 0.507 e. The molecule has 43 heavy (non-hydrogen) atoms. The van der Waals surface area contributed by atoms with E-state index in [-0.39, 0.29) is 30.2 Å². The average Bonchev–Trinajstić information content (AvgIpc) is 3.46. The third-order valence-corrected chi connectivity index (χ3v) is 10.2. The molecular weight excluding hydrogens is 554 g/mol. The smallest absolute Gasteiger partial charge is 0.305 e. The van der Waals surface area contributed by atoms with Crippen LogP contribution in [0.4, 0.5) is 0 Å². The van der Waals surface area contributed by atoms with Gasteiger partial charge in [-0.2, -0.15) is 0 Å². The lowest BCUT2D eigenvalue weighted by atomic mass is 9.50. The summed E-state index contributed by atoms with van der Waals surface area (Å²) in [6, 6.07) is 3.43. The van der Waals surface area contributed by atoms with Crippen LogP contribution in [0.1, 0.15) is 101 Å². The molecule has 2 unspecified atom stereocenters. The van der Waals surface area contributed by atoms with Crippen molar-refractivity contribution in [3.63, 3.8) is 0 Å². The zero-order valence-electron chi connectivity index (χ0n) is 25.4. The minimum Gasteiger partial charge on any atom is -0.507 e. The Kier molecular flexibility index (Phi) is 7.90. The fourth-order valence-electron chi connectivity index (χ4n) is 7.86. The Morgan fingerprint density at radius 1 is 1.07 bits per heavy atom. The second-order valence-corrected chi connectivity index (χ2v) is 13.8. The van der Waals surface area contributed by atoms with Crippen molar-refractivity contribution in [2.75, 3.05) is 6.54 Å². The normalized spacial score (nSPS) is 32.6. The Balaban J connectivity index is 1.59. The van der Waals surface area contributed by atoms with Gasteiger partial charge < -0.3 is 20.3 Å². The molecule has 1 aromatic carbocycles. The molecule has 4 aliphatic carbocycles. The van der Waals surface area contributed by atoms with Gasteiger partial charge in [0.05, 0.1) is 11.5 Å². The molecule has 4 aliphatic rings. The van der Waals surface area contributed by atoms with Crippen LogP contribution in [0.2, 0.25) is 0 Å². The van der Waals surface area contributed by atoms with Crippen molar-refractivity contribution in [1.29, 1.82) is 0 Å². The number of carbonyl (C=O) groups is 6. The number of phenols is 1. The number of aliphatic hydroxyl groups is 1. The molecule has 0 aliphatic heterocycles. The molecule has 5 rings (SSSR count). The van der Waals surface area contributed by atoms with E-state index >= 15 is 0 Å². The van der Waals surface area contributed by atoms with Crippen molar-refractivity contribution in [3.05, 3.63) is 28.8 Å². The first-order valence-corrected chi connectivity index (χ1v) is 15.4. The summed E-state index contributed by atoms with van der Waals surface area (Å²) in [5, 5.41) is 26.0. The summed E-state index contributed by atoms with van der Waals surface area (Å²) >= 11 is 0. The number of Topliss-reactive ketones (excluding diaryl/α,β-unsaturated/α-hetero) is 4. The van der Waals surface area contributed by atoms with E-state index in [4.69, 9.17) is 4.74 Å². The van der Waals surface area contributed by atoms with Crippen LogP contribution in [0.3, 0.4) is 0 Å². The number of amides is 1. The molecule has 7 atom stereocenters. The second-order valence-electron chi connectivity index (χ2n) is 13.8. The summed E-state index contributed by atoms with van der Waals surface area (Å²) in [4.78, 5) is 81.6. The fraction of sp³-hybridized carbons (Fsp3) is 0.636. The molecule has 0 saturated heterocycles. The number of hydrogen-bond acceptors (Lipinski definition) is 9. The van der Waals surface area contributed by atoms with Crippen LogP contribution in [0.15, 0.2) is 12.1 Å². The number of phenolic OH excluding ortho intramolecular Hbond substituents is 1. The number of esters is 1. The van der Waals surface area contributed by atoms with Gasteiger partial charge in [0.1, 0.15) is 11.9 Å². The van der Waals surface area contributed by atoms with E-state index in [1.165, 1.54) is 0 Å². The Morgan fingerprint density at radius 2 is 1.72 bits per heavy atom. The van der Waals surface area contributed by atoms with E-state index in [0.29, 0.717) is 11.1 Å². The minimum absolute atomic E-state index is 0.0598. The highest BCUT2D eigenvalue weighted by molar-refractivity contribution is 6.31. The van der Waals surface area contributed by atoms with Gasteiger partial charge in [0.25, 0.3) is 0 Å². The molecule has 10 nitrogen and oxygen atoms in total. The standard InChI is InChI=1S/C33H41NO9/c1-6-21(36)43-28-19-13-20(35)24(31(41)34-14-16-9-7-8-10-16)29(39)33(19,42)30(40)25-22(28)15(2)17-11-12-18(32(3,4)5)26(37)23(17)27(25)38/h11-12,15-16,19,22,24-25,28,37,42H,6-10,13-14H2,1-5H3,(H,34,41)/t15-,19+,22+,24?,25?,28+,33+/m0/s1. The number of ether oxygens (including phenoxy) is 1. The summed E-state index contributed by atoms with van der Waals surface area (Å²) in [7, 11) is 0. The van der Waals surface area contributed by atoms with Crippen molar-refractivity contribution in [3.8, 4) is 5.75 Å². The van der Waals surface area contributed by atoms with E-state index < -0.39 is 88.1 Å². The third-order valence-electron chi connectivity index (χ3n) is 10.2. The molecule has 3 saturated carbocycles. The zero-order chi connectivity index (χ0) is 31.6. The van der Waals surface area contributed by atoms with Gasteiger partial charge in [0.2, 0.25) is 5.91 Å². The Morgan fingerprint density at radius 3 is 2.33 bits per heavy atom. The van der Waals surface area contributed by atoms with Crippen LogP contribution in [-0.4, -0.2) is 63.5 Å². The van der Waals surface area contributed by atoms with Gasteiger partial charge in [-0.25, -0.2) is 0 Å². The molecule has 1 aromatic rings. The number of rotatable bonds is 5. The molecule has 0 aromatic heterocycles. The van der Waals surface area contributed by atoms with Crippen LogP contribution in [0.5, 0.6) is 5.75 Å². The van der Waals surface area contributed by atoms with E-state index in [0.717, 1.165) is 25.7 Å². The Labute approximate surface area is 250 Å². The lowest BCUT2D eigenvalue weighted by Crippen LogP contribution is -2.73. The summed E-state index contributed by atoms with van der Waals surface area (Å²) in [6.45, 7) is 9.15. The van der Waals surface area contributed by atoms with Crippen LogP contribution in [0.25, 0.3) is 0 Å². The van der Waals surface area contributed by atoms with Gasteiger partial charge in [0, 0.05) is 31.2 Å². The summed E-state index contributed by atoms with van der Waals surface area (Å²) in [5.74, 6) is -12.3. The summed E-state index contributed by atoms with van der Waals surface area (Å²) < 4.78 is 5.77. The van der Waals surface area contributed by atoms with Crippen molar-refractivity contribution >= 4 is 35.0 Å². The average molecular weight is 596 g/mol. The number of ketones is 4. The maximum absolute atomic E-state index is 14.3. The van der Waals surface area contributed by atoms with Gasteiger partial charge >= 0.3 is 5.97 Å². The van der Waals surface area contributed by atoms with Gasteiger partial charge in [-0.1, -0.05) is 59.6 Å². The monoisotopic (exact) mass is 595 g/mol. The molecule has 1 amide bonds. The summed E-state index contributed by atoms with van der Waals surface area (Å²) in [6.07, 6.45) is 1.93. The number of nitrogens with one attached hydrogen (secondary N) is 1. The van der Waals surface area contributed by atoms with Crippen LogP contribution in [0, 0.1) is 29.6 Å². The molecule has 0 radical (unpaired) electrons.